The van der Waals surface area contributed by atoms with E-state index in [2.05, 4.69) is 25.7 Å². The van der Waals surface area contributed by atoms with Crippen LogP contribution >= 0.6 is 0 Å². The van der Waals surface area contributed by atoms with Gasteiger partial charge in [0.15, 0.2) is 0 Å². The lowest BCUT2D eigenvalue weighted by Crippen LogP contribution is -2.37. The molecule has 0 bridgehead atoms. The van der Waals surface area contributed by atoms with Gasteiger partial charge in [-0.1, -0.05) is 13.8 Å². The SMILES string of the molecule is CC(C)CNC(=O)CN(C)c1nc(NN)nc(N(C)C)n1. The highest BCUT2D eigenvalue weighted by Gasteiger charge is 2.14. The first kappa shape index (κ1) is 16.9. The molecule has 1 rings (SSSR count). The molecule has 1 aromatic heterocycles. The number of likely N-dealkylation sites (N-methyl/N-ethyl adjacent to an activating group) is 1. The Hall–Kier alpha value is -2.16. The number of nitrogen functional groups attached to an aromatic ring is 1. The number of hydrogen-bond acceptors (Lipinski definition) is 8. The van der Waals surface area contributed by atoms with Crippen molar-refractivity contribution in [3.8, 4) is 0 Å². The molecular weight excluding hydrogens is 272 g/mol. The van der Waals surface area contributed by atoms with Gasteiger partial charge in [-0.25, -0.2) is 5.84 Å². The quantitative estimate of drug-likeness (QED) is 0.453. The number of amides is 1. The van der Waals surface area contributed by atoms with Crippen LogP contribution < -0.4 is 26.4 Å². The number of nitrogens with two attached hydrogens (primary N) is 1. The minimum absolute atomic E-state index is 0.0831. The fourth-order valence-corrected chi connectivity index (χ4v) is 1.45. The van der Waals surface area contributed by atoms with E-state index in [1.165, 1.54) is 0 Å². The highest BCUT2D eigenvalue weighted by Crippen LogP contribution is 2.13. The Labute approximate surface area is 124 Å². The molecule has 0 aromatic carbocycles. The molecule has 0 unspecified atom stereocenters. The molecule has 0 saturated heterocycles. The Bertz CT molecular complexity index is 476. The summed E-state index contributed by atoms with van der Waals surface area (Å²) >= 11 is 0. The predicted octanol–water partition coefficient (Wildman–Crippen LogP) is -0.568. The molecule has 0 aliphatic carbocycles. The molecule has 0 spiro atoms. The first-order valence-electron chi connectivity index (χ1n) is 6.71. The summed E-state index contributed by atoms with van der Waals surface area (Å²) in [6.45, 7) is 4.88. The Morgan fingerprint density at radius 1 is 1.19 bits per heavy atom. The van der Waals surface area contributed by atoms with Crippen LogP contribution in [0.4, 0.5) is 17.8 Å². The summed E-state index contributed by atoms with van der Waals surface area (Å²) in [6.07, 6.45) is 0. The smallest absolute Gasteiger partial charge is 0.243 e. The second-order valence-corrected chi connectivity index (χ2v) is 5.35. The zero-order chi connectivity index (χ0) is 16.0. The van der Waals surface area contributed by atoms with E-state index in [9.17, 15) is 4.79 Å². The Morgan fingerprint density at radius 2 is 1.81 bits per heavy atom. The number of carbonyl (C=O) groups is 1. The summed E-state index contributed by atoms with van der Waals surface area (Å²) in [7, 11) is 5.37. The maximum absolute atomic E-state index is 11.8. The van der Waals surface area contributed by atoms with Crippen molar-refractivity contribution in [3.05, 3.63) is 0 Å². The molecule has 9 heteroatoms. The second-order valence-electron chi connectivity index (χ2n) is 5.35. The van der Waals surface area contributed by atoms with Crippen LogP contribution in [0.5, 0.6) is 0 Å². The molecule has 118 valence electrons. The third-order valence-electron chi connectivity index (χ3n) is 2.57. The minimum atomic E-state index is -0.0831. The normalized spacial score (nSPS) is 10.4. The molecule has 21 heavy (non-hydrogen) atoms. The molecule has 0 aliphatic rings. The molecular formula is C12H24N8O. The van der Waals surface area contributed by atoms with Crippen LogP contribution in [0.1, 0.15) is 13.8 Å². The van der Waals surface area contributed by atoms with Crippen molar-refractivity contribution in [2.75, 3.05) is 49.5 Å². The first-order chi connectivity index (χ1) is 9.83. The van der Waals surface area contributed by atoms with Crippen LogP contribution in [0, 0.1) is 5.92 Å². The van der Waals surface area contributed by atoms with Crippen LogP contribution in [0.15, 0.2) is 0 Å². The van der Waals surface area contributed by atoms with Crippen molar-refractivity contribution in [1.29, 1.82) is 0 Å². The topological polar surface area (TPSA) is 112 Å². The Kier molecular flexibility index (Phi) is 6.10. The summed E-state index contributed by atoms with van der Waals surface area (Å²) in [4.78, 5) is 27.7. The number of hydrogen-bond donors (Lipinski definition) is 3. The zero-order valence-corrected chi connectivity index (χ0v) is 13.2. The van der Waals surface area contributed by atoms with Gasteiger partial charge in [0.05, 0.1) is 6.54 Å². The summed E-state index contributed by atoms with van der Waals surface area (Å²) < 4.78 is 0. The third kappa shape index (κ3) is 5.38. The van der Waals surface area contributed by atoms with Gasteiger partial charge in [0, 0.05) is 27.7 Å². The molecule has 0 aliphatic heterocycles. The fourth-order valence-electron chi connectivity index (χ4n) is 1.45. The summed E-state index contributed by atoms with van der Waals surface area (Å²) in [5.41, 5.74) is 2.39. The molecule has 9 nitrogen and oxygen atoms in total. The van der Waals surface area contributed by atoms with Gasteiger partial charge < -0.3 is 15.1 Å². The van der Waals surface area contributed by atoms with E-state index in [1.807, 2.05) is 27.9 Å². The van der Waals surface area contributed by atoms with Gasteiger partial charge in [0.2, 0.25) is 23.8 Å². The average molecular weight is 296 g/mol. The molecule has 0 radical (unpaired) electrons. The largest absolute Gasteiger partial charge is 0.354 e. The van der Waals surface area contributed by atoms with Crippen molar-refractivity contribution in [2.45, 2.75) is 13.8 Å². The lowest BCUT2D eigenvalue weighted by molar-refractivity contribution is -0.119. The lowest BCUT2D eigenvalue weighted by Gasteiger charge is -2.19. The zero-order valence-electron chi connectivity index (χ0n) is 13.2. The van der Waals surface area contributed by atoms with Gasteiger partial charge in [-0.15, -0.1) is 0 Å². The number of nitrogens with zero attached hydrogens (tertiary/aromatic N) is 5. The number of hydrazine groups is 1. The van der Waals surface area contributed by atoms with Crippen LogP contribution in [-0.2, 0) is 4.79 Å². The average Bonchev–Trinajstić information content (AvgIpc) is 2.44. The summed E-state index contributed by atoms with van der Waals surface area (Å²) in [6, 6.07) is 0. The van der Waals surface area contributed by atoms with Gasteiger partial charge >= 0.3 is 0 Å². The van der Waals surface area contributed by atoms with Gasteiger partial charge in [0.1, 0.15) is 0 Å². The fraction of sp³-hybridized carbons (Fsp3) is 0.667. The van der Waals surface area contributed by atoms with Crippen LogP contribution in [-0.4, -0.2) is 55.1 Å². The molecule has 1 heterocycles. The summed E-state index contributed by atoms with van der Waals surface area (Å²) in [5.74, 6) is 6.76. The number of aromatic nitrogens is 3. The molecule has 0 saturated carbocycles. The van der Waals surface area contributed by atoms with E-state index in [4.69, 9.17) is 5.84 Å². The number of nitrogens with one attached hydrogen (secondary N) is 2. The van der Waals surface area contributed by atoms with Gasteiger partial charge in [0.25, 0.3) is 0 Å². The van der Waals surface area contributed by atoms with E-state index in [0.717, 1.165) is 0 Å². The van der Waals surface area contributed by atoms with Crippen LogP contribution in [0.2, 0.25) is 0 Å². The lowest BCUT2D eigenvalue weighted by atomic mass is 10.2. The van der Waals surface area contributed by atoms with Gasteiger partial charge in [-0.05, 0) is 5.92 Å². The number of rotatable bonds is 7. The van der Waals surface area contributed by atoms with Gasteiger partial charge in [-0.2, -0.15) is 15.0 Å². The molecule has 0 fully saturated rings. The van der Waals surface area contributed by atoms with Crippen molar-refractivity contribution in [3.63, 3.8) is 0 Å². The molecule has 0 atom stereocenters. The highest BCUT2D eigenvalue weighted by molar-refractivity contribution is 5.80. The van der Waals surface area contributed by atoms with Crippen LogP contribution in [0.3, 0.4) is 0 Å². The van der Waals surface area contributed by atoms with Crippen molar-refractivity contribution < 1.29 is 4.79 Å². The van der Waals surface area contributed by atoms with Crippen molar-refractivity contribution in [1.82, 2.24) is 20.3 Å². The van der Waals surface area contributed by atoms with E-state index >= 15 is 0 Å². The molecule has 1 aromatic rings. The second kappa shape index (κ2) is 7.58. The Morgan fingerprint density at radius 3 is 2.33 bits per heavy atom. The number of anilines is 3. The van der Waals surface area contributed by atoms with Crippen molar-refractivity contribution >= 4 is 23.8 Å². The predicted molar refractivity (Wildman–Crippen MR) is 83.1 cm³/mol. The van der Waals surface area contributed by atoms with Crippen LogP contribution in [0.25, 0.3) is 0 Å². The van der Waals surface area contributed by atoms with Gasteiger partial charge in [-0.3, -0.25) is 10.2 Å². The highest BCUT2D eigenvalue weighted by atomic mass is 16.2. The maximum atomic E-state index is 11.8. The van der Waals surface area contributed by atoms with Crippen molar-refractivity contribution in [2.24, 2.45) is 11.8 Å². The van der Waals surface area contributed by atoms with E-state index in [0.29, 0.717) is 24.4 Å². The third-order valence-corrected chi connectivity index (χ3v) is 2.57. The first-order valence-corrected chi connectivity index (χ1v) is 6.71. The molecule has 1 amide bonds. The van der Waals surface area contributed by atoms with E-state index in [-0.39, 0.29) is 18.4 Å². The molecule has 4 N–H and O–H groups in total. The van der Waals surface area contributed by atoms with E-state index < -0.39 is 0 Å². The standard InChI is InChI=1S/C12H24N8O/c1-8(2)6-14-9(21)7-20(5)12-16-10(18-13)15-11(17-12)19(3)4/h8H,6-7,13H2,1-5H3,(H,14,21)(H,15,16,17,18). The number of carbonyl (C=O) groups excluding carboxylic acids is 1. The maximum Gasteiger partial charge on any atom is 0.243 e. The monoisotopic (exact) mass is 296 g/mol. The summed E-state index contributed by atoms with van der Waals surface area (Å²) in [5, 5.41) is 2.85. The Balaban J connectivity index is 2.79. The minimum Gasteiger partial charge on any atom is -0.354 e. The van der Waals surface area contributed by atoms with E-state index in [1.54, 1.807) is 16.8 Å².